The third-order valence-corrected chi connectivity index (χ3v) is 17.1. The number of hydrogen-bond acceptors (Lipinski definition) is 5. The van der Waals surface area contributed by atoms with Crippen LogP contribution in [0.25, 0.3) is 0 Å². The molecule has 48 heavy (non-hydrogen) atoms. The summed E-state index contributed by atoms with van der Waals surface area (Å²) < 4.78 is 49.9. The van der Waals surface area contributed by atoms with Crippen LogP contribution in [0.5, 0.6) is 5.75 Å². The fourth-order valence-corrected chi connectivity index (χ4v) is 9.70. The molecule has 3 unspecified atom stereocenters. The Balaban J connectivity index is 1.63. The first-order valence-corrected chi connectivity index (χ1v) is 22.5. The van der Waals surface area contributed by atoms with Gasteiger partial charge in [-0.25, -0.2) is 8.42 Å². The van der Waals surface area contributed by atoms with Gasteiger partial charge < -0.3 is 13.9 Å². The molecule has 266 valence electrons. The van der Waals surface area contributed by atoms with Crippen LogP contribution in [0, 0.1) is 6.92 Å². The fourth-order valence-electron chi connectivity index (χ4n) is 6.66. The molecular weight excluding hydrogens is 635 g/mol. The van der Waals surface area contributed by atoms with Crippen LogP contribution in [0.4, 0.5) is 0 Å². The molecule has 2 aromatic rings. The molecule has 0 aromatic heterocycles. The minimum Gasteiger partial charge on any atom is -0.497 e. The number of methoxy groups -OCH3 is 1. The van der Waals surface area contributed by atoms with Crippen molar-refractivity contribution < 1.29 is 22.3 Å². The minimum absolute atomic E-state index is 0.0184. The van der Waals surface area contributed by atoms with Crippen LogP contribution in [0.1, 0.15) is 103 Å². The molecule has 0 saturated heterocycles. The van der Waals surface area contributed by atoms with Crippen molar-refractivity contribution in [2.45, 2.75) is 146 Å². The lowest BCUT2D eigenvalue weighted by molar-refractivity contribution is 0.0268. The highest BCUT2D eigenvalue weighted by molar-refractivity contribution is 7.89. The second-order valence-electron chi connectivity index (χ2n) is 15.3. The van der Waals surface area contributed by atoms with Crippen molar-refractivity contribution in [1.82, 2.24) is 4.31 Å². The van der Waals surface area contributed by atoms with Gasteiger partial charge in [0.15, 0.2) is 8.32 Å². The monoisotopic (exact) mass is 695 g/mol. The summed E-state index contributed by atoms with van der Waals surface area (Å²) in [5.74, 6) is 0.840. The molecule has 0 fully saturated rings. The number of nitrogens with zero attached hydrogens (tertiary/aromatic N) is 1. The van der Waals surface area contributed by atoms with Crippen molar-refractivity contribution >= 4 is 18.3 Å². The SMILES string of the molecule is CCCCCCC(CCC1=CCCCC12C=CC(O[Si](C)(C)C(C)(C)C)CN2S(=O)(=O)c1ccc(C)cc1)OCc1ccc(OC)cc1. The average molecular weight is 696 g/mol. The molecule has 0 amide bonds. The highest BCUT2D eigenvalue weighted by Crippen LogP contribution is 2.45. The van der Waals surface area contributed by atoms with Gasteiger partial charge in [-0.1, -0.05) is 101 Å². The normalized spacial score (nSPS) is 21.3. The lowest BCUT2D eigenvalue weighted by atomic mass is 9.75. The van der Waals surface area contributed by atoms with Crippen LogP contribution in [0.2, 0.25) is 18.1 Å². The Hall–Kier alpha value is -2.23. The van der Waals surface area contributed by atoms with Gasteiger partial charge in [0, 0.05) is 6.54 Å². The number of aryl methyl sites for hydroxylation is 1. The molecule has 0 saturated carbocycles. The van der Waals surface area contributed by atoms with Crippen LogP contribution >= 0.6 is 0 Å². The van der Waals surface area contributed by atoms with Crippen LogP contribution in [-0.4, -0.2) is 52.4 Å². The average Bonchev–Trinajstić information content (AvgIpc) is 3.05. The number of allylic oxidation sites excluding steroid dienone is 1. The first-order valence-electron chi connectivity index (χ1n) is 18.1. The van der Waals surface area contributed by atoms with Gasteiger partial charge in [0.2, 0.25) is 10.0 Å². The number of hydrogen-bond donors (Lipinski definition) is 0. The Kier molecular flexibility index (Phi) is 13.4. The van der Waals surface area contributed by atoms with E-state index in [9.17, 15) is 8.42 Å². The molecule has 0 radical (unpaired) electrons. The summed E-state index contributed by atoms with van der Waals surface area (Å²) in [5.41, 5.74) is 2.65. The number of sulfonamides is 1. The van der Waals surface area contributed by atoms with Gasteiger partial charge in [-0.3, -0.25) is 0 Å². The number of rotatable bonds is 16. The minimum atomic E-state index is -3.82. The van der Waals surface area contributed by atoms with Crippen molar-refractivity contribution in [3.05, 3.63) is 83.5 Å². The summed E-state index contributed by atoms with van der Waals surface area (Å²) in [6, 6.07) is 15.4. The van der Waals surface area contributed by atoms with E-state index >= 15 is 0 Å². The van der Waals surface area contributed by atoms with Crippen molar-refractivity contribution in [3.8, 4) is 5.75 Å². The van der Waals surface area contributed by atoms with Gasteiger partial charge in [-0.05, 0) is 99.0 Å². The van der Waals surface area contributed by atoms with Crippen LogP contribution in [-0.2, 0) is 25.8 Å². The van der Waals surface area contributed by atoms with Crippen molar-refractivity contribution in [2.75, 3.05) is 13.7 Å². The molecule has 1 aliphatic carbocycles. The van der Waals surface area contributed by atoms with Gasteiger partial charge in [0.25, 0.3) is 0 Å². The zero-order valence-electron chi connectivity index (χ0n) is 30.9. The highest BCUT2D eigenvalue weighted by Gasteiger charge is 2.50. The van der Waals surface area contributed by atoms with E-state index in [4.69, 9.17) is 13.9 Å². The molecule has 1 heterocycles. The van der Waals surface area contributed by atoms with E-state index in [-0.39, 0.29) is 17.2 Å². The third kappa shape index (κ3) is 9.51. The Morgan fingerprint density at radius 3 is 2.35 bits per heavy atom. The molecule has 0 bridgehead atoms. The lowest BCUT2D eigenvalue weighted by Gasteiger charge is -2.50. The topological polar surface area (TPSA) is 65.1 Å². The lowest BCUT2D eigenvalue weighted by Crippen LogP contribution is -2.59. The van der Waals surface area contributed by atoms with Crippen LogP contribution in [0.15, 0.2) is 77.2 Å². The summed E-state index contributed by atoms with van der Waals surface area (Å²) in [6.07, 6.45) is 16.5. The predicted molar refractivity (Wildman–Crippen MR) is 201 cm³/mol. The Labute approximate surface area is 293 Å². The largest absolute Gasteiger partial charge is 0.497 e. The standard InChI is InChI=1S/C40H61NO5SSi/c1-9-10-11-12-16-36(45-31-33-19-22-35(44-6)23-20-33)24-21-34-15-13-14-28-40(34)29-27-37(46-48(7,8)39(3,4)5)30-41(40)47(42,43)38-25-17-32(2)18-26-38/h15,17-20,22-23,25-27,29,36-37H,9-14,16,21,24,28,30-31H2,1-8H3. The van der Waals surface area contributed by atoms with E-state index in [0.717, 1.165) is 61.8 Å². The van der Waals surface area contributed by atoms with E-state index in [1.54, 1.807) is 23.5 Å². The van der Waals surface area contributed by atoms with E-state index in [2.05, 4.69) is 71.1 Å². The molecule has 3 atom stereocenters. The van der Waals surface area contributed by atoms with Crippen molar-refractivity contribution in [2.24, 2.45) is 0 Å². The first kappa shape index (κ1) is 38.6. The summed E-state index contributed by atoms with van der Waals surface area (Å²) in [7, 11) is -4.29. The summed E-state index contributed by atoms with van der Waals surface area (Å²) >= 11 is 0. The maximum absolute atomic E-state index is 14.7. The Morgan fingerprint density at radius 2 is 1.71 bits per heavy atom. The zero-order valence-corrected chi connectivity index (χ0v) is 32.7. The molecule has 2 aliphatic rings. The molecule has 1 aliphatic heterocycles. The molecule has 4 rings (SSSR count). The van der Waals surface area contributed by atoms with Crippen molar-refractivity contribution in [1.29, 1.82) is 0 Å². The second-order valence-corrected chi connectivity index (χ2v) is 22.0. The van der Waals surface area contributed by atoms with Crippen LogP contribution in [0.3, 0.4) is 0 Å². The Bertz CT molecular complexity index is 1480. The quantitative estimate of drug-likeness (QED) is 0.0994. The van der Waals surface area contributed by atoms with E-state index < -0.39 is 23.9 Å². The van der Waals surface area contributed by atoms with E-state index in [1.807, 2.05) is 31.2 Å². The van der Waals surface area contributed by atoms with E-state index in [1.165, 1.54) is 24.8 Å². The number of ether oxygens (including phenoxy) is 2. The van der Waals surface area contributed by atoms with Gasteiger partial charge in [0.1, 0.15) is 5.75 Å². The van der Waals surface area contributed by atoms with Gasteiger partial charge >= 0.3 is 0 Å². The first-order chi connectivity index (χ1) is 22.7. The molecule has 1 spiro atoms. The van der Waals surface area contributed by atoms with Gasteiger partial charge in [-0.15, -0.1) is 0 Å². The summed E-state index contributed by atoms with van der Waals surface area (Å²) in [5, 5.41) is 0.0184. The molecular formula is C40H61NO5SSi. The molecule has 2 aromatic carbocycles. The van der Waals surface area contributed by atoms with Crippen molar-refractivity contribution in [3.63, 3.8) is 0 Å². The molecule has 0 N–H and O–H groups in total. The fraction of sp³-hybridized carbons (Fsp3) is 0.600. The summed E-state index contributed by atoms with van der Waals surface area (Å²) in [6.45, 7) is 16.2. The maximum atomic E-state index is 14.7. The molecule has 6 nitrogen and oxygen atoms in total. The maximum Gasteiger partial charge on any atom is 0.244 e. The molecule has 8 heteroatoms. The second kappa shape index (κ2) is 16.6. The zero-order chi connectivity index (χ0) is 35.0. The van der Waals surface area contributed by atoms with Gasteiger partial charge in [0.05, 0.1) is 36.4 Å². The Morgan fingerprint density at radius 1 is 1.00 bits per heavy atom. The third-order valence-electron chi connectivity index (χ3n) is 10.7. The van der Waals surface area contributed by atoms with Gasteiger partial charge in [-0.2, -0.15) is 4.31 Å². The predicted octanol–water partition coefficient (Wildman–Crippen LogP) is 10.1. The van der Waals surface area contributed by atoms with Crippen LogP contribution < -0.4 is 4.74 Å². The number of benzene rings is 2. The van der Waals surface area contributed by atoms with E-state index in [0.29, 0.717) is 18.0 Å². The smallest absolute Gasteiger partial charge is 0.244 e. The highest BCUT2D eigenvalue weighted by atomic mass is 32.2. The number of unbranched alkanes of at least 4 members (excludes halogenated alkanes) is 3. The summed E-state index contributed by atoms with van der Waals surface area (Å²) in [4.78, 5) is 0.343.